The number of carbonyl (C=O) groups excluding carboxylic acids is 2. The summed E-state index contributed by atoms with van der Waals surface area (Å²) in [6.07, 6.45) is 4.49. The first kappa shape index (κ1) is 19.4. The van der Waals surface area contributed by atoms with Gasteiger partial charge in [0.2, 0.25) is 5.91 Å². The fourth-order valence-corrected chi connectivity index (χ4v) is 4.37. The number of hydrogen-bond donors (Lipinski definition) is 2. The molecule has 3 aromatic heterocycles. The Morgan fingerprint density at radius 3 is 2.86 bits per heavy atom. The molecule has 7 nitrogen and oxygen atoms in total. The first-order valence-corrected chi connectivity index (χ1v) is 10.7. The van der Waals surface area contributed by atoms with E-state index in [-0.39, 0.29) is 11.8 Å². The van der Waals surface area contributed by atoms with Gasteiger partial charge in [-0.2, -0.15) is 0 Å². The van der Waals surface area contributed by atoms with Gasteiger partial charge in [0, 0.05) is 61.9 Å². The van der Waals surface area contributed by atoms with E-state index in [1.54, 1.807) is 11.3 Å². The topological polar surface area (TPSA) is 83.0 Å². The lowest BCUT2D eigenvalue weighted by atomic mass is 10.2. The summed E-state index contributed by atoms with van der Waals surface area (Å²) in [5, 5.41) is 4.94. The van der Waals surface area contributed by atoms with Crippen molar-refractivity contribution in [3.63, 3.8) is 0 Å². The normalized spacial score (nSPS) is 13.8. The molecule has 0 bridgehead atoms. The lowest BCUT2D eigenvalue weighted by Crippen LogP contribution is -2.34. The van der Waals surface area contributed by atoms with Crippen molar-refractivity contribution in [2.75, 3.05) is 13.1 Å². The molecule has 4 heterocycles. The van der Waals surface area contributed by atoms with Crippen LogP contribution in [-0.2, 0) is 37.6 Å². The third-order valence-electron chi connectivity index (χ3n) is 5.36. The summed E-state index contributed by atoms with van der Waals surface area (Å²) >= 11 is 1.62. The third-order valence-corrected chi connectivity index (χ3v) is 6.24. The molecule has 0 saturated carbocycles. The van der Waals surface area contributed by atoms with Gasteiger partial charge in [0.05, 0.1) is 12.2 Å². The van der Waals surface area contributed by atoms with Crippen molar-refractivity contribution >= 4 is 23.2 Å². The summed E-state index contributed by atoms with van der Waals surface area (Å²) in [4.78, 5) is 35.9. The molecule has 2 N–H and O–H groups in total. The van der Waals surface area contributed by atoms with Crippen LogP contribution in [0.1, 0.15) is 39.0 Å². The average molecular weight is 412 g/mol. The van der Waals surface area contributed by atoms with Crippen molar-refractivity contribution in [2.45, 2.75) is 32.2 Å². The van der Waals surface area contributed by atoms with Gasteiger partial charge in [-0.3, -0.25) is 9.59 Å². The van der Waals surface area contributed by atoms with E-state index in [1.807, 2.05) is 52.4 Å². The average Bonchev–Trinajstić information content (AvgIpc) is 3.45. The number of thiophene rings is 1. The fraction of sp³-hybridized carbons (Fsp3) is 0.381. The molecule has 0 radical (unpaired) electrons. The number of rotatable bonds is 6. The van der Waals surface area contributed by atoms with Gasteiger partial charge < -0.3 is 19.8 Å². The predicted octanol–water partition coefficient (Wildman–Crippen LogP) is 2.30. The van der Waals surface area contributed by atoms with Crippen LogP contribution in [0.15, 0.2) is 35.8 Å². The zero-order valence-electron chi connectivity index (χ0n) is 16.5. The maximum atomic E-state index is 12.6. The summed E-state index contributed by atoms with van der Waals surface area (Å²) in [5.74, 6) is 0.451. The molecule has 1 aliphatic heterocycles. The van der Waals surface area contributed by atoms with Gasteiger partial charge in [-0.15, -0.1) is 11.3 Å². The number of H-pyrrole nitrogens is 1. The first-order chi connectivity index (χ1) is 14.1. The van der Waals surface area contributed by atoms with Gasteiger partial charge in [-0.25, -0.2) is 4.98 Å². The largest absolute Gasteiger partial charge is 0.365 e. The number of aromatic nitrogens is 3. The Labute approximate surface area is 173 Å². The molecule has 0 spiro atoms. The van der Waals surface area contributed by atoms with Crippen LogP contribution in [0.2, 0.25) is 0 Å². The molecule has 29 heavy (non-hydrogen) atoms. The van der Waals surface area contributed by atoms with Crippen molar-refractivity contribution in [3.8, 4) is 0 Å². The molecule has 0 aromatic carbocycles. The van der Waals surface area contributed by atoms with Gasteiger partial charge in [0.1, 0.15) is 0 Å². The zero-order chi connectivity index (χ0) is 20.2. The second-order valence-corrected chi connectivity index (χ2v) is 8.26. The van der Waals surface area contributed by atoms with Crippen molar-refractivity contribution in [1.82, 2.24) is 24.8 Å². The molecular weight excluding hydrogens is 386 g/mol. The molecule has 3 aromatic rings. The van der Waals surface area contributed by atoms with Crippen molar-refractivity contribution in [3.05, 3.63) is 63.6 Å². The maximum absolute atomic E-state index is 12.6. The maximum Gasteiger partial charge on any atom is 0.287 e. The highest BCUT2D eigenvalue weighted by Crippen LogP contribution is 2.18. The second kappa shape index (κ2) is 8.65. The van der Waals surface area contributed by atoms with E-state index in [0.29, 0.717) is 44.7 Å². The summed E-state index contributed by atoms with van der Waals surface area (Å²) in [5.41, 5.74) is 3.05. The third kappa shape index (κ3) is 4.42. The number of imidazole rings is 1. The first-order valence-electron chi connectivity index (χ1n) is 9.87. The lowest BCUT2D eigenvalue weighted by Gasteiger charge is -2.20. The fourth-order valence-electron chi connectivity index (χ4n) is 3.73. The van der Waals surface area contributed by atoms with E-state index in [0.717, 1.165) is 28.4 Å². The van der Waals surface area contributed by atoms with E-state index in [4.69, 9.17) is 0 Å². The highest BCUT2D eigenvalue weighted by atomic mass is 32.1. The van der Waals surface area contributed by atoms with Gasteiger partial charge in [0.15, 0.2) is 5.82 Å². The number of fused-ring (bicyclic) bond motifs is 1. The minimum atomic E-state index is -0.159. The molecule has 0 fully saturated rings. The Morgan fingerprint density at radius 2 is 2.10 bits per heavy atom. The lowest BCUT2D eigenvalue weighted by molar-refractivity contribution is -0.131. The van der Waals surface area contributed by atoms with Gasteiger partial charge >= 0.3 is 0 Å². The van der Waals surface area contributed by atoms with E-state index in [9.17, 15) is 9.59 Å². The molecule has 1 aliphatic rings. The number of carbonyl (C=O) groups is 2. The van der Waals surface area contributed by atoms with Gasteiger partial charge in [0.25, 0.3) is 5.91 Å². The van der Waals surface area contributed by atoms with Crippen LogP contribution < -0.4 is 5.32 Å². The minimum Gasteiger partial charge on any atom is -0.365 e. The van der Waals surface area contributed by atoms with Gasteiger partial charge in [-0.05, 0) is 30.0 Å². The Morgan fingerprint density at radius 1 is 1.24 bits per heavy atom. The Kier molecular flexibility index (Phi) is 5.80. The van der Waals surface area contributed by atoms with E-state index >= 15 is 0 Å². The van der Waals surface area contributed by atoms with Crippen LogP contribution in [0.3, 0.4) is 0 Å². The SMILES string of the molecule is Cn1c(C(=O)NCc2cccs2)nc2c1CCN(C(=O)CCc1ccc[nH]1)CC2. The minimum absolute atomic E-state index is 0.159. The number of nitrogens with zero attached hydrogens (tertiary/aromatic N) is 3. The molecular formula is C21H25N5O2S. The highest BCUT2D eigenvalue weighted by Gasteiger charge is 2.25. The standard InChI is InChI=1S/C21H25N5O2S/c1-25-18-9-12-26(19(27)7-6-15-4-2-10-22-15)11-8-17(18)24-20(25)21(28)23-14-16-5-3-13-29-16/h2-5,10,13,22H,6-9,11-12,14H2,1H3,(H,23,28). The van der Waals surface area contributed by atoms with Crippen LogP contribution in [-0.4, -0.2) is 44.3 Å². The van der Waals surface area contributed by atoms with E-state index in [2.05, 4.69) is 15.3 Å². The molecule has 0 saturated heterocycles. The van der Waals surface area contributed by atoms with Crippen molar-refractivity contribution < 1.29 is 9.59 Å². The van der Waals surface area contributed by atoms with Gasteiger partial charge in [-0.1, -0.05) is 6.07 Å². The second-order valence-electron chi connectivity index (χ2n) is 7.23. The monoisotopic (exact) mass is 411 g/mol. The molecule has 0 aliphatic carbocycles. The summed E-state index contributed by atoms with van der Waals surface area (Å²) in [6, 6.07) is 7.92. The number of aromatic amines is 1. The molecule has 152 valence electrons. The predicted molar refractivity (Wildman–Crippen MR) is 112 cm³/mol. The Bertz CT molecular complexity index is 975. The molecule has 0 atom stereocenters. The van der Waals surface area contributed by atoms with Crippen LogP contribution in [0.25, 0.3) is 0 Å². The van der Waals surface area contributed by atoms with Crippen LogP contribution >= 0.6 is 11.3 Å². The Balaban J connectivity index is 1.36. The molecule has 4 rings (SSSR count). The molecule has 2 amide bonds. The van der Waals surface area contributed by atoms with Crippen LogP contribution in [0.4, 0.5) is 0 Å². The van der Waals surface area contributed by atoms with E-state index < -0.39 is 0 Å². The highest BCUT2D eigenvalue weighted by molar-refractivity contribution is 7.09. The molecule has 8 heteroatoms. The number of aryl methyl sites for hydroxylation is 1. The van der Waals surface area contributed by atoms with E-state index in [1.165, 1.54) is 0 Å². The number of hydrogen-bond acceptors (Lipinski definition) is 4. The van der Waals surface area contributed by atoms with Crippen LogP contribution in [0.5, 0.6) is 0 Å². The number of nitrogens with one attached hydrogen (secondary N) is 2. The van der Waals surface area contributed by atoms with Crippen molar-refractivity contribution in [1.29, 1.82) is 0 Å². The van der Waals surface area contributed by atoms with Crippen LogP contribution in [0, 0.1) is 0 Å². The smallest absolute Gasteiger partial charge is 0.287 e. The molecule has 0 unspecified atom stereocenters. The summed E-state index contributed by atoms with van der Waals surface area (Å²) in [7, 11) is 1.88. The quantitative estimate of drug-likeness (QED) is 0.653. The summed E-state index contributed by atoms with van der Waals surface area (Å²) < 4.78 is 1.88. The number of amides is 2. The summed E-state index contributed by atoms with van der Waals surface area (Å²) in [6.45, 7) is 1.81. The zero-order valence-corrected chi connectivity index (χ0v) is 17.3. The Hall–Kier alpha value is -2.87. The van der Waals surface area contributed by atoms with Crippen molar-refractivity contribution in [2.24, 2.45) is 7.05 Å².